The molecule has 4 rings (SSSR count). The van der Waals surface area contributed by atoms with Gasteiger partial charge in [-0.25, -0.2) is 14.4 Å². The summed E-state index contributed by atoms with van der Waals surface area (Å²) in [6, 6.07) is 7.97. The zero-order valence-corrected chi connectivity index (χ0v) is 18.9. The van der Waals surface area contributed by atoms with Crippen LogP contribution in [0.25, 0.3) is 10.9 Å². The Hall–Kier alpha value is -2.68. The molecular formula is C23H26ClFN4O3. The molecular weight excluding hydrogens is 435 g/mol. The summed E-state index contributed by atoms with van der Waals surface area (Å²) < 4.78 is 31.3. The zero-order valence-electron chi connectivity index (χ0n) is 18.1. The molecule has 0 aliphatic carbocycles. The number of anilines is 2. The maximum absolute atomic E-state index is 14.3. The van der Waals surface area contributed by atoms with Crippen LogP contribution in [0.4, 0.5) is 15.9 Å². The van der Waals surface area contributed by atoms with E-state index >= 15 is 0 Å². The van der Waals surface area contributed by atoms with Crippen molar-refractivity contribution in [3.8, 4) is 11.5 Å². The van der Waals surface area contributed by atoms with Gasteiger partial charge in [0.15, 0.2) is 11.5 Å². The normalized spacial score (nSPS) is 15.1. The highest BCUT2D eigenvalue weighted by Gasteiger charge is 2.22. The molecule has 170 valence electrons. The number of hydrogen-bond acceptors (Lipinski definition) is 7. The maximum atomic E-state index is 14.3. The zero-order chi connectivity index (χ0) is 22.5. The largest absolute Gasteiger partial charge is 0.493 e. The third kappa shape index (κ3) is 5.20. The quantitative estimate of drug-likeness (QED) is 0.524. The van der Waals surface area contributed by atoms with Gasteiger partial charge in [0.2, 0.25) is 0 Å². The van der Waals surface area contributed by atoms with E-state index in [-0.39, 0.29) is 11.8 Å². The van der Waals surface area contributed by atoms with Crippen LogP contribution in [0.3, 0.4) is 0 Å². The van der Waals surface area contributed by atoms with Gasteiger partial charge in [0, 0.05) is 43.2 Å². The molecule has 0 unspecified atom stereocenters. The Morgan fingerprint density at radius 1 is 1.12 bits per heavy atom. The van der Waals surface area contributed by atoms with E-state index in [4.69, 9.17) is 25.8 Å². The van der Waals surface area contributed by atoms with Crippen LogP contribution in [0, 0.1) is 5.82 Å². The number of benzene rings is 2. The molecule has 0 spiro atoms. The molecule has 0 saturated carbocycles. The number of hydrogen-bond donors (Lipinski definition) is 1. The lowest BCUT2D eigenvalue weighted by molar-refractivity contribution is 0.0782. The van der Waals surface area contributed by atoms with Crippen molar-refractivity contribution in [2.24, 2.45) is 0 Å². The summed E-state index contributed by atoms with van der Waals surface area (Å²) in [5.41, 5.74) is 0.891. The lowest BCUT2D eigenvalue weighted by atomic mass is 10.1. The lowest BCUT2D eigenvalue weighted by Crippen LogP contribution is -2.39. The molecule has 1 fully saturated rings. The summed E-state index contributed by atoms with van der Waals surface area (Å²) in [6.45, 7) is 3.56. The van der Waals surface area contributed by atoms with Gasteiger partial charge in [-0.15, -0.1) is 0 Å². The Kier molecular flexibility index (Phi) is 7.24. The van der Waals surface area contributed by atoms with Gasteiger partial charge in [-0.1, -0.05) is 11.6 Å². The summed E-state index contributed by atoms with van der Waals surface area (Å²) in [4.78, 5) is 11.0. The van der Waals surface area contributed by atoms with Crippen molar-refractivity contribution in [2.45, 2.75) is 18.9 Å². The molecule has 1 aliphatic heterocycles. The Bertz CT molecular complexity index is 1080. The fraction of sp³-hybridized carbons (Fsp3) is 0.391. The Labute approximate surface area is 191 Å². The minimum absolute atomic E-state index is 0.0755. The van der Waals surface area contributed by atoms with Gasteiger partial charge in [0.05, 0.1) is 24.9 Å². The molecule has 1 aromatic heterocycles. The molecule has 0 bridgehead atoms. The van der Waals surface area contributed by atoms with Crippen LogP contribution in [-0.4, -0.2) is 61.4 Å². The van der Waals surface area contributed by atoms with E-state index < -0.39 is 5.82 Å². The van der Waals surface area contributed by atoms with Crippen LogP contribution in [-0.2, 0) is 4.74 Å². The summed E-state index contributed by atoms with van der Waals surface area (Å²) >= 11 is 6.03. The third-order valence-electron chi connectivity index (χ3n) is 5.54. The van der Waals surface area contributed by atoms with E-state index in [9.17, 15) is 4.39 Å². The molecule has 2 heterocycles. The SMILES string of the molecule is COCCN1CCC(Oc2cc3c(Nc4cc(Cl)ccc4F)ncnc3cc2OC)CC1. The fourth-order valence-electron chi connectivity index (χ4n) is 3.79. The van der Waals surface area contributed by atoms with Crippen molar-refractivity contribution >= 4 is 34.0 Å². The van der Waals surface area contributed by atoms with Crippen molar-refractivity contribution in [1.82, 2.24) is 14.9 Å². The van der Waals surface area contributed by atoms with E-state index in [1.165, 1.54) is 24.5 Å². The molecule has 0 atom stereocenters. The van der Waals surface area contributed by atoms with Gasteiger partial charge in [-0.2, -0.15) is 0 Å². The maximum Gasteiger partial charge on any atom is 0.162 e. The van der Waals surface area contributed by atoms with Crippen LogP contribution in [0.15, 0.2) is 36.7 Å². The first kappa shape index (κ1) is 22.5. The summed E-state index contributed by atoms with van der Waals surface area (Å²) in [5, 5.41) is 4.14. The minimum atomic E-state index is -0.425. The minimum Gasteiger partial charge on any atom is -0.493 e. The Morgan fingerprint density at radius 3 is 2.69 bits per heavy atom. The fourth-order valence-corrected chi connectivity index (χ4v) is 3.96. The van der Waals surface area contributed by atoms with Crippen molar-refractivity contribution in [2.75, 3.05) is 45.8 Å². The number of methoxy groups -OCH3 is 2. The van der Waals surface area contributed by atoms with E-state index in [0.717, 1.165) is 39.1 Å². The van der Waals surface area contributed by atoms with Gasteiger partial charge in [0.25, 0.3) is 0 Å². The first-order valence-corrected chi connectivity index (χ1v) is 10.9. The van der Waals surface area contributed by atoms with E-state index in [2.05, 4.69) is 20.2 Å². The number of nitrogens with one attached hydrogen (secondary N) is 1. The number of rotatable bonds is 8. The molecule has 32 heavy (non-hydrogen) atoms. The first-order valence-electron chi connectivity index (χ1n) is 10.5. The first-order chi connectivity index (χ1) is 15.6. The van der Waals surface area contributed by atoms with Crippen LogP contribution in [0.5, 0.6) is 11.5 Å². The molecule has 1 aliphatic rings. The van der Waals surface area contributed by atoms with E-state index in [1.54, 1.807) is 20.3 Å². The van der Waals surface area contributed by atoms with Gasteiger partial charge in [0.1, 0.15) is 24.1 Å². The topological polar surface area (TPSA) is 68.7 Å². The molecule has 1 N–H and O–H groups in total. The molecule has 9 heteroatoms. The molecule has 7 nitrogen and oxygen atoms in total. The highest BCUT2D eigenvalue weighted by Crippen LogP contribution is 2.36. The van der Waals surface area contributed by atoms with Crippen LogP contribution in [0.1, 0.15) is 12.8 Å². The average Bonchev–Trinajstić information content (AvgIpc) is 2.81. The smallest absolute Gasteiger partial charge is 0.162 e. The van der Waals surface area contributed by atoms with Crippen molar-refractivity contribution < 1.29 is 18.6 Å². The lowest BCUT2D eigenvalue weighted by Gasteiger charge is -2.32. The molecule has 0 amide bonds. The summed E-state index contributed by atoms with van der Waals surface area (Å²) in [7, 11) is 3.32. The number of aromatic nitrogens is 2. The predicted octanol–water partition coefficient (Wildman–Crippen LogP) is 4.66. The number of likely N-dealkylation sites (tertiary alicyclic amines) is 1. The van der Waals surface area contributed by atoms with Crippen LogP contribution < -0.4 is 14.8 Å². The number of piperidine rings is 1. The van der Waals surface area contributed by atoms with E-state index in [0.29, 0.717) is 33.2 Å². The van der Waals surface area contributed by atoms with Crippen molar-refractivity contribution in [1.29, 1.82) is 0 Å². The molecule has 3 aromatic rings. The second-order valence-corrected chi connectivity index (χ2v) is 8.08. The summed E-state index contributed by atoms with van der Waals surface area (Å²) in [6.07, 6.45) is 3.32. The molecule has 0 radical (unpaired) electrons. The second-order valence-electron chi connectivity index (χ2n) is 7.64. The van der Waals surface area contributed by atoms with Crippen LogP contribution in [0.2, 0.25) is 5.02 Å². The van der Waals surface area contributed by atoms with Crippen molar-refractivity contribution in [3.63, 3.8) is 0 Å². The number of halogens is 2. The van der Waals surface area contributed by atoms with Gasteiger partial charge < -0.3 is 24.4 Å². The number of ether oxygens (including phenoxy) is 3. The molecule has 2 aromatic carbocycles. The highest BCUT2D eigenvalue weighted by atomic mass is 35.5. The number of fused-ring (bicyclic) bond motifs is 1. The van der Waals surface area contributed by atoms with Crippen molar-refractivity contribution in [3.05, 3.63) is 47.5 Å². The standard InChI is InChI=1S/C23H26ClFN4O3/c1-30-10-9-29-7-5-16(6-8-29)32-22-12-17-19(13-21(22)31-2)26-14-27-23(17)28-20-11-15(24)3-4-18(20)25/h3-4,11-14,16H,5-10H2,1-2H3,(H,26,27,28). The van der Waals surface area contributed by atoms with Gasteiger partial charge >= 0.3 is 0 Å². The van der Waals surface area contributed by atoms with E-state index in [1.807, 2.05) is 6.07 Å². The Morgan fingerprint density at radius 2 is 1.94 bits per heavy atom. The summed E-state index contributed by atoms with van der Waals surface area (Å²) in [5.74, 6) is 1.24. The second kappa shape index (κ2) is 10.3. The van der Waals surface area contributed by atoms with Gasteiger partial charge in [-0.3, -0.25) is 0 Å². The monoisotopic (exact) mass is 460 g/mol. The number of nitrogens with zero attached hydrogens (tertiary/aromatic N) is 3. The Balaban J connectivity index is 1.58. The highest BCUT2D eigenvalue weighted by molar-refractivity contribution is 6.30. The predicted molar refractivity (Wildman–Crippen MR) is 123 cm³/mol. The van der Waals surface area contributed by atoms with Gasteiger partial charge in [-0.05, 0) is 37.1 Å². The molecule has 1 saturated heterocycles. The van der Waals surface area contributed by atoms with Crippen LogP contribution >= 0.6 is 11.6 Å². The average molecular weight is 461 g/mol. The third-order valence-corrected chi connectivity index (χ3v) is 5.78.